The molecule has 0 bridgehead atoms. The van der Waals surface area contributed by atoms with Crippen molar-refractivity contribution in [2.24, 2.45) is 0 Å². The third kappa shape index (κ3) is 9.02. The number of ether oxygens (including phenoxy) is 1. The molecule has 2 rings (SSSR count). The fraction of sp³-hybridized carbons (Fsp3) is 0.556. The van der Waals surface area contributed by atoms with Crippen LogP contribution in [0.4, 0.5) is 4.39 Å². The quantitative estimate of drug-likeness (QED) is 0.272. The standard InChI is InChI=1S/C27H39FO/c1-3-5-7-9-11-13-21-29-27-20-19-25(22-26(27)28)24-17-15-23(16-18-24)14-12-10-8-6-4-2/h15-20,22H,3-14,21H2,1-2H3. The van der Waals surface area contributed by atoms with Gasteiger partial charge in [0.25, 0.3) is 0 Å². The highest BCUT2D eigenvalue weighted by molar-refractivity contribution is 5.64. The van der Waals surface area contributed by atoms with E-state index in [9.17, 15) is 4.39 Å². The number of halogens is 1. The molecule has 0 saturated carbocycles. The van der Waals surface area contributed by atoms with Gasteiger partial charge in [0.15, 0.2) is 11.6 Å². The maximum absolute atomic E-state index is 14.4. The number of unbranched alkanes of at least 4 members (excludes halogenated alkanes) is 9. The first-order valence-electron chi connectivity index (χ1n) is 11.8. The van der Waals surface area contributed by atoms with Crippen LogP contribution < -0.4 is 4.74 Å². The summed E-state index contributed by atoms with van der Waals surface area (Å²) in [6, 6.07) is 13.9. The number of hydrogen-bond acceptors (Lipinski definition) is 1. The average Bonchev–Trinajstić information content (AvgIpc) is 2.74. The summed E-state index contributed by atoms with van der Waals surface area (Å²) < 4.78 is 20.1. The van der Waals surface area contributed by atoms with Gasteiger partial charge in [-0.1, -0.05) is 102 Å². The van der Waals surface area contributed by atoms with Crippen LogP contribution in [0.5, 0.6) is 5.75 Å². The summed E-state index contributed by atoms with van der Waals surface area (Å²) >= 11 is 0. The van der Waals surface area contributed by atoms with Gasteiger partial charge in [-0.2, -0.15) is 0 Å². The smallest absolute Gasteiger partial charge is 0.165 e. The summed E-state index contributed by atoms with van der Waals surface area (Å²) in [6.07, 6.45) is 14.9. The first kappa shape index (κ1) is 23.4. The first-order valence-corrected chi connectivity index (χ1v) is 11.8. The fourth-order valence-corrected chi connectivity index (χ4v) is 3.66. The van der Waals surface area contributed by atoms with Crippen molar-refractivity contribution in [1.82, 2.24) is 0 Å². The molecule has 0 aliphatic heterocycles. The number of hydrogen-bond donors (Lipinski definition) is 0. The molecule has 0 heterocycles. The van der Waals surface area contributed by atoms with Crippen LogP contribution in [0.15, 0.2) is 42.5 Å². The lowest BCUT2D eigenvalue weighted by Gasteiger charge is -2.10. The lowest BCUT2D eigenvalue weighted by Crippen LogP contribution is -1.99. The Bertz CT molecular complexity index is 677. The SMILES string of the molecule is CCCCCCCCOc1ccc(-c2ccc(CCCCCCC)cc2)cc1F. The molecule has 29 heavy (non-hydrogen) atoms. The van der Waals surface area contributed by atoms with Gasteiger partial charge in [-0.05, 0) is 48.1 Å². The molecule has 0 unspecified atom stereocenters. The van der Waals surface area contributed by atoms with Gasteiger partial charge >= 0.3 is 0 Å². The molecule has 0 N–H and O–H groups in total. The van der Waals surface area contributed by atoms with E-state index >= 15 is 0 Å². The molecule has 0 aliphatic rings. The summed E-state index contributed by atoms with van der Waals surface area (Å²) in [5.74, 6) is 0.0968. The maximum Gasteiger partial charge on any atom is 0.165 e. The Morgan fingerprint density at radius 2 is 1.24 bits per heavy atom. The van der Waals surface area contributed by atoms with E-state index in [1.807, 2.05) is 6.07 Å². The fourth-order valence-electron chi connectivity index (χ4n) is 3.66. The van der Waals surface area contributed by atoms with Gasteiger partial charge in [0.1, 0.15) is 0 Å². The third-order valence-corrected chi connectivity index (χ3v) is 5.54. The summed E-state index contributed by atoms with van der Waals surface area (Å²) in [7, 11) is 0. The second kappa shape index (κ2) is 14.2. The predicted octanol–water partition coefficient (Wildman–Crippen LogP) is 8.74. The molecular formula is C27H39FO. The van der Waals surface area contributed by atoms with E-state index in [-0.39, 0.29) is 5.82 Å². The molecule has 160 valence electrons. The zero-order chi connectivity index (χ0) is 20.7. The van der Waals surface area contributed by atoms with Gasteiger partial charge in [-0.25, -0.2) is 4.39 Å². The first-order chi connectivity index (χ1) is 14.2. The average molecular weight is 399 g/mol. The lowest BCUT2D eigenvalue weighted by atomic mass is 10.0. The van der Waals surface area contributed by atoms with Gasteiger partial charge < -0.3 is 4.74 Å². The van der Waals surface area contributed by atoms with E-state index in [1.54, 1.807) is 12.1 Å². The highest BCUT2D eigenvalue weighted by atomic mass is 19.1. The molecule has 0 saturated heterocycles. The Morgan fingerprint density at radius 3 is 1.90 bits per heavy atom. The lowest BCUT2D eigenvalue weighted by molar-refractivity contribution is 0.290. The molecule has 0 spiro atoms. The van der Waals surface area contributed by atoms with E-state index < -0.39 is 0 Å². The summed E-state index contributed by atoms with van der Waals surface area (Å²) in [5.41, 5.74) is 3.33. The van der Waals surface area contributed by atoms with Crippen LogP contribution in [0.3, 0.4) is 0 Å². The second-order valence-corrected chi connectivity index (χ2v) is 8.12. The van der Waals surface area contributed by atoms with Gasteiger partial charge in [-0.3, -0.25) is 0 Å². The number of benzene rings is 2. The van der Waals surface area contributed by atoms with E-state index in [2.05, 4.69) is 38.1 Å². The molecule has 0 aliphatic carbocycles. The molecule has 0 amide bonds. The van der Waals surface area contributed by atoms with E-state index in [0.29, 0.717) is 12.4 Å². The Labute approximate surface area is 177 Å². The Balaban J connectivity index is 1.78. The van der Waals surface area contributed by atoms with Gasteiger partial charge in [0.05, 0.1) is 6.61 Å². The highest BCUT2D eigenvalue weighted by Crippen LogP contribution is 2.26. The molecule has 0 radical (unpaired) electrons. The molecule has 2 heteroatoms. The molecule has 0 fully saturated rings. The van der Waals surface area contributed by atoms with Crippen molar-refractivity contribution in [2.75, 3.05) is 6.61 Å². The van der Waals surface area contributed by atoms with Crippen molar-refractivity contribution in [3.8, 4) is 16.9 Å². The predicted molar refractivity (Wildman–Crippen MR) is 123 cm³/mol. The molecule has 2 aromatic rings. The summed E-state index contributed by atoms with van der Waals surface area (Å²) in [4.78, 5) is 0. The van der Waals surface area contributed by atoms with Crippen molar-refractivity contribution in [1.29, 1.82) is 0 Å². The zero-order valence-electron chi connectivity index (χ0n) is 18.5. The topological polar surface area (TPSA) is 9.23 Å². The Hall–Kier alpha value is -1.83. The van der Waals surface area contributed by atoms with Crippen molar-refractivity contribution in [3.63, 3.8) is 0 Å². The van der Waals surface area contributed by atoms with Crippen LogP contribution in [-0.2, 0) is 6.42 Å². The van der Waals surface area contributed by atoms with Crippen LogP contribution >= 0.6 is 0 Å². The van der Waals surface area contributed by atoms with Crippen LogP contribution in [0.2, 0.25) is 0 Å². The molecular weight excluding hydrogens is 359 g/mol. The number of aryl methyl sites for hydroxylation is 1. The monoisotopic (exact) mass is 398 g/mol. The van der Waals surface area contributed by atoms with E-state index in [1.165, 1.54) is 63.4 Å². The van der Waals surface area contributed by atoms with E-state index in [0.717, 1.165) is 30.4 Å². The molecule has 0 aromatic heterocycles. The molecule has 2 aromatic carbocycles. The van der Waals surface area contributed by atoms with Gasteiger partial charge in [0.2, 0.25) is 0 Å². The van der Waals surface area contributed by atoms with Crippen molar-refractivity contribution in [2.45, 2.75) is 90.9 Å². The molecule has 0 atom stereocenters. The minimum absolute atomic E-state index is 0.270. The third-order valence-electron chi connectivity index (χ3n) is 5.54. The maximum atomic E-state index is 14.4. The van der Waals surface area contributed by atoms with Crippen LogP contribution in [0.1, 0.15) is 90.0 Å². The Morgan fingerprint density at radius 1 is 0.655 bits per heavy atom. The van der Waals surface area contributed by atoms with Crippen LogP contribution in [-0.4, -0.2) is 6.61 Å². The Kier molecular flexibility index (Phi) is 11.5. The van der Waals surface area contributed by atoms with Crippen LogP contribution in [0.25, 0.3) is 11.1 Å². The minimum Gasteiger partial charge on any atom is -0.491 e. The second-order valence-electron chi connectivity index (χ2n) is 8.12. The van der Waals surface area contributed by atoms with Gasteiger partial charge in [-0.15, -0.1) is 0 Å². The minimum atomic E-state index is -0.270. The van der Waals surface area contributed by atoms with E-state index in [4.69, 9.17) is 4.74 Å². The molecule has 1 nitrogen and oxygen atoms in total. The normalized spacial score (nSPS) is 11.0. The highest BCUT2D eigenvalue weighted by Gasteiger charge is 2.07. The largest absolute Gasteiger partial charge is 0.491 e. The zero-order valence-corrected chi connectivity index (χ0v) is 18.5. The number of rotatable bonds is 15. The van der Waals surface area contributed by atoms with Crippen LogP contribution in [0, 0.1) is 5.82 Å². The van der Waals surface area contributed by atoms with Crippen molar-refractivity contribution in [3.05, 3.63) is 53.8 Å². The van der Waals surface area contributed by atoms with Crippen molar-refractivity contribution < 1.29 is 9.13 Å². The summed E-state index contributed by atoms with van der Waals surface area (Å²) in [5, 5.41) is 0. The summed E-state index contributed by atoms with van der Waals surface area (Å²) in [6.45, 7) is 5.06. The van der Waals surface area contributed by atoms with Crippen molar-refractivity contribution >= 4 is 0 Å². The van der Waals surface area contributed by atoms with Gasteiger partial charge in [0, 0.05) is 0 Å².